The molecule has 0 aliphatic heterocycles. The first kappa shape index (κ1) is 11.7. The molecule has 5 heteroatoms. The molecule has 15 heavy (non-hydrogen) atoms. The molecule has 0 saturated heterocycles. The van der Waals surface area contributed by atoms with Gasteiger partial charge in [-0.25, -0.2) is 0 Å². The van der Waals surface area contributed by atoms with Crippen molar-refractivity contribution < 1.29 is 9.90 Å². The van der Waals surface area contributed by atoms with Crippen LogP contribution in [0.15, 0.2) is 12.3 Å². The Labute approximate surface area is 89.1 Å². The van der Waals surface area contributed by atoms with Gasteiger partial charge in [0.25, 0.3) is 0 Å². The molecule has 0 aromatic carbocycles. The van der Waals surface area contributed by atoms with Gasteiger partial charge in [0, 0.05) is 18.7 Å². The van der Waals surface area contributed by atoms with Crippen molar-refractivity contribution in [3.63, 3.8) is 0 Å². The molecule has 0 saturated carbocycles. The fourth-order valence-electron chi connectivity index (χ4n) is 1.14. The summed E-state index contributed by atoms with van der Waals surface area (Å²) < 4.78 is 1.60. The molecule has 0 aliphatic carbocycles. The fraction of sp³-hybridized carbons (Fsp3) is 0.600. The lowest BCUT2D eigenvalue weighted by Gasteiger charge is -2.16. The second-order valence-electron chi connectivity index (χ2n) is 4.11. The highest BCUT2D eigenvalue weighted by molar-refractivity contribution is 5.89. The summed E-state index contributed by atoms with van der Waals surface area (Å²) in [5, 5.41) is 16.3. The van der Waals surface area contributed by atoms with E-state index in [1.54, 1.807) is 37.7 Å². The molecule has 0 bridgehead atoms. The number of aromatic nitrogens is 2. The summed E-state index contributed by atoms with van der Waals surface area (Å²) in [6, 6.07) is 1.71. The number of hydrogen-bond acceptors (Lipinski definition) is 3. The zero-order valence-corrected chi connectivity index (χ0v) is 9.32. The van der Waals surface area contributed by atoms with E-state index in [-0.39, 0.29) is 5.91 Å². The number of carbonyl (C=O) groups excluding carboxylic acids is 1. The first-order valence-electron chi connectivity index (χ1n) is 4.96. The smallest absolute Gasteiger partial charge is 0.225 e. The van der Waals surface area contributed by atoms with Gasteiger partial charge in [-0.05, 0) is 13.8 Å². The van der Waals surface area contributed by atoms with Crippen LogP contribution in [0.5, 0.6) is 0 Å². The molecule has 2 N–H and O–H groups in total. The van der Waals surface area contributed by atoms with Crippen LogP contribution in [-0.2, 0) is 11.3 Å². The minimum Gasteiger partial charge on any atom is -0.389 e. The summed E-state index contributed by atoms with van der Waals surface area (Å²) >= 11 is 0. The lowest BCUT2D eigenvalue weighted by molar-refractivity contribution is -0.115. The Kier molecular flexibility index (Phi) is 3.47. The van der Waals surface area contributed by atoms with Crippen LogP contribution in [0, 0.1) is 0 Å². The molecule has 0 aliphatic rings. The van der Waals surface area contributed by atoms with Crippen molar-refractivity contribution in [3.05, 3.63) is 12.3 Å². The van der Waals surface area contributed by atoms with Crippen LogP contribution in [-0.4, -0.2) is 26.4 Å². The van der Waals surface area contributed by atoms with Gasteiger partial charge in [0.15, 0.2) is 5.82 Å². The van der Waals surface area contributed by atoms with Gasteiger partial charge in [0.05, 0.1) is 12.1 Å². The van der Waals surface area contributed by atoms with Gasteiger partial charge in [-0.3, -0.25) is 9.48 Å². The number of aliphatic hydroxyl groups is 1. The maximum absolute atomic E-state index is 11.1. The van der Waals surface area contributed by atoms with Crippen molar-refractivity contribution in [1.82, 2.24) is 9.78 Å². The third-order valence-corrected chi connectivity index (χ3v) is 1.78. The second-order valence-corrected chi connectivity index (χ2v) is 4.11. The van der Waals surface area contributed by atoms with Crippen LogP contribution in [0.25, 0.3) is 0 Å². The highest BCUT2D eigenvalue weighted by Crippen LogP contribution is 2.08. The predicted octanol–water partition coefficient (Wildman–Crippen LogP) is 1.00. The Balaban J connectivity index is 2.60. The van der Waals surface area contributed by atoms with E-state index in [9.17, 15) is 9.90 Å². The highest BCUT2D eigenvalue weighted by atomic mass is 16.3. The normalized spacial score (nSPS) is 11.5. The summed E-state index contributed by atoms with van der Waals surface area (Å²) in [5.41, 5.74) is -0.807. The number of nitrogens with one attached hydrogen (secondary N) is 1. The van der Waals surface area contributed by atoms with Crippen molar-refractivity contribution in [3.8, 4) is 0 Å². The molecule has 0 spiro atoms. The van der Waals surface area contributed by atoms with Crippen LogP contribution in [0.3, 0.4) is 0 Å². The first-order valence-corrected chi connectivity index (χ1v) is 4.96. The van der Waals surface area contributed by atoms with Crippen LogP contribution in [0.2, 0.25) is 0 Å². The van der Waals surface area contributed by atoms with E-state index in [1.807, 2.05) is 0 Å². The largest absolute Gasteiger partial charge is 0.389 e. The van der Waals surface area contributed by atoms with Gasteiger partial charge < -0.3 is 10.4 Å². The van der Waals surface area contributed by atoms with Crippen molar-refractivity contribution in [1.29, 1.82) is 0 Å². The van der Waals surface area contributed by atoms with Crippen molar-refractivity contribution in [2.45, 2.75) is 39.3 Å². The topological polar surface area (TPSA) is 67.2 Å². The highest BCUT2D eigenvalue weighted by Gasteiger charge is 2.14. The summed E-state index contributed by atoms with van der Waals surface area (Å²) in [5.74, 6) is 0.453. The van der Waals surface area contributed by atoms with E-state index in [0.29, 0.717) is 18.8 Å². The second kappa shape index (κ2) is 4.44. The number of nitrogens with zero attached hydrogens (tertiary/aromatic N) is 2. The van der Waals surface area contributed by atoms with Crippen LogP contribution in [0.1, 0.15) is 27.2 Å². The molecule has 1 heterocycles. The summed E-state index contributed by atoms with van der Waals surface area (Å²) in [6.45, 7) is 5.59. The third kappa shape index (κ3) is 4.12. The lowest BCUT2D eigenvalue weighted by Crippen LogP contribution is -2.26. The van der Waals surface area contributed by atoms with Crippen molar-refractivity contribution in [2.75, 3.05) is 5.32 Å². The molecule has 1 rings (SSSR count). The van der Waals surface area contributed by atoms with Crippen LogP contribution in [0.4, 0.5) is 5.82 Å². The first-order chi connectivity index (χ1) is 6.90. The molecule has 1 aromatic rings. The van der Waals surface area contributed by atoms with E-state index < -0.39 is 5.60 Å². The molecule has 0 fully saturated rings. The summed E-state index contributed by atoms with van der Waals surface area (Å²) in [6.07, 6.45) is 2.15. The molecular weight excluding hydrogens is 194 g/mol. The number of carbonyl (C=O) groups is 1. The van der Waals surface area contributed by atoms with Gasteiger partial charge in [-0.1, -0.05) is 6.92 Å². The number of hydrogen-bond donors (Lipinski definition) is 2. The minimum atomic E-state index is -0.807. The van der Waals surface area contributed by atoms with Gasteiger partial charge in [0.1, 0.15) is 0 Å². The molecule has 0 radical (unpaired) electrons. The molecule has 1 amide bonds. The molecular formula is C10H17N3O2. The van der Waals surface area contributed by atoms with Gasteiger partial charge in [0.2, 0.25) is 5.91 Å². The number of anilines is 1. The van der Waals surface area contributed by atoms with Gasteiger partial charge in [-0.2, -0.15) is 5.10 Å². The quantitative estimate of drug-likeness (QED) is 0.780. The molecule has 0 unspecified atom stereocenters. The summed E-state index contributed by atoms with van der Waals surface area (Å²) in [4.78, 5) is 11.1. The number of amides is 1. The van der Waals surface area contributed by atoms with E-state index in [0.717, 1.165) is 0 Å². The van der Waals surface area contributed by atoms with Crippen LogP contribution < -0.4 is 5.32 Å². The minimum absolute atomic E-state index is 0.0662. The third-order valence-electron chi connectivity index (χ3n) is 1.78. The SMILES string of the molecule is CCC(=O)Nc1ccn(CC(C)(C)O)n1. The average Bonchev–Trinajstić information content (AvgIpc) is 2.49. The van der Waals surface area contributed by atoms with Crippen molar-refractivity contribution >= 4 is 11.7 Å². The maximum Gasteiger partial charge on any atom is 0.225 e. The van der Waals surface area contributed by atoms with Crippen molar-refractivity contribution in [2.24, 2.45) is 0 Å². The fourth-order valence-corrected chi connectivity index (χ4v) is 1.14. The van der Waals surface area contributed by atoms with Crippen LogP contribution >= 0.6 is 0 Å². The molecule has 1 aromatic heterocycles. The van der Waals surface area contributed by atoms with E-state index in [2.05, 4.69) is 10.4 Å². The number of rotatable bonds is 4. The molecule has 5 nitrogen and oxygen atoms in total. The van der Waals surface area contributed by atoms with E-state index >= 15 is 0 Å². The van der Waals surface area contributed by atoms with Gasteiger partial charge >= 0.3 is 0 Å². The monoisotopic (exact) mass is 211 g/mol. The lowest BCUT2D eigenvalue weighted by atomic mass is 10.1. The Morgan fingerprint density at radius 3 is 2.87 bits per heavy atom. The Bertz CT molecular complexity index is 339. The van der Waals surface area contributed by atoms with E-state index in [1.165, 1.54) is 0 Å². The Morgan fingerprint density at radius 1 is 1.67 bits per heavy atom. The molecule has 0 atom stereocenters. The average molecular weight is 211 g/mol. The summed E-state index contributed by atoms with van der Waals surface area (Å²) in [7, 11) is 0. The Morgan fingerprint density at radius 2 is 2.33 bits per heavy atom. The zero-order chi connectivity index (χ0) is 11.5. The van der Waals surface area contributed by atoms with Gasteiger partial charge in [-0.15, -0.1) is 0 Å². The predicted molar refractivity (Wildman–Crippen MR) is 57.4 cm³/mol. The Hall–Kier alpha value is -1.36. The molecule has 84 valence electrons. The maximum atomic E-state index is 11.1. The standard InChI is InChI=1S/C10H17N3O2/c1-4-9(14)11-8-5-6-13(12-8)7-10(2,3)15/h5-6,15H,4,7H2,1-3H3,(H,11,12,14). The van der Waals surface area contributed by atoms with E-state index in [4.69, 9.17) is 0 Å². The zero-order valence-electron chi connectivity index (χ0n) is 9.32.